The molecule has 0 fully saturated rings. The average molecular weight is 441 g/mol. The van der Waals surface area contributed by atoms with E-state index in [1.54, 1.807) is 24.3 Å². The third-order valence-corrected chi connectivity index (χ3v) is 4.43. The van der Waals surface area contributed by atoms with E-state index in [9.17, 15) is 9.59 Å². The van der Waals surface area contributed by atoms with Gasteiger partial charge in [-0.25, -0.2) is 9.79 Å². The summed E-state index contributed by atoms with van der Waals surface area (Å²) in [7, 11) is 1.40. The van der Waals surface area contributed by atoms with Crippen molar-refractivity contribution in [2.24, 2.45) is 4.99 Å². The number of carbonyl (C=O) groups excluding carboxylic acids is 2. The number of methoxy groups -OCH3 is 1. The number of esters is 2. The molecular formula is C19H12Cl3NO5. The summed E-state index contributed by atoms with van der Waals surface area (Å²) in [5.41, 5.74) is 0.919. The van der Waals surface area contributed by atoms with Gasteiger partial charge in [-0.3, -0.25) is 4.79 Å². The van der Waals surface area contributed by atoms with Crippen LogP contribution in [0.5, 0.6) is 11.5 Å². The van der Waals surface area contributed by atoms with E-state index in [0.717, 1.165) is 0 Å². The number of benzene rings is 2. The molecule has 0 saturated heterocycles. The van der Waals surface area contributed by atoms with Crippen LogP contribution in [0, 0.1) is 0 Å². The number of aliphatic imine (C=N–C) groups is 1. The molecule has 0 spiro atoms. The lowest BCUT2D eigenvalue weighted by Gasteiger charge is -2.10. The minimum Gasteiger partial charge on any atom is -0.493 e. The first-order valence-electron chi connectivity index (χ1n) is 7.82. The average Bonchev–Trinajstić information content (AvgIpc) is 2.99. The maximum atomic E-state index is 12.2. The zero-order valence-corrected chi connectivity index (χ0v) is 16.9. The molecule has 144 valence electrons. The van der Waals surface area contributed by atoms with Crippen molar-refractivity contribution in [3.8, 4) is 11.5 Å². The van der Waals surface area contributed by atoms with Crippen molar-refractivity contribution in [1.82, 2.24) is 0 Å². The van der Waals surface area contributed by atoms with Crippen molar-refractivity contribution in [2.45, 2.75) is 6.92 Å². The molecule has 9 heteroatoms. The zero-order chi connectivity index (χ0) is 20.4. The highest BCUT2D eigenvalue weighted by Crippen LogP contribution is 2.37. The molecule has 6 nitrogen and oxygen atoms in total. The molecule has 0 atom stereocenters. The van der Waals surface area contributed by atoms with E-state index in [4.69, 9.17) is 49.0 Å². The topological polar surface area (TPSA) is 74.2 Å². The fourth-order valence-corrected chi connectivity index (χ4v) is 3.04. The molecule has 0 aromatic heterocycles. The van der Waals surface area contributed by atoms with Crippen LogP contribution in [0.1, 0.15) is 18.1 Å². The predicted octanol–water partition coefficient (Wildman–Crippen LogP) is 4.93. The Morgan fingerprint density at radius 3 is 2.57 bits per heavy atom. The quantitative estimate of drug-likeness (QED) is 0.383. The lowest BCUT2D eigenvalue weighted by atomic mass is 10.1. The molecule has 1 aliphatic heterocycles. The molecule has 0 radical (unpaired) electrons. The second-order valence-electron chi connectivity index (χ2n) is 5.59. The summed E-state index contributed by atoms with van der Waals surface area (Å²) >= 11 is 18.3. The molecule has 1 heterocycles. The van der Waals surface area contributed by atoms with Gasteiger partial charge in [0.2, 0.25) is 5.90 Å². The fourth-order valence-electron chi connectivity index (χ4n) is 2.41. The summed E-state index contributed by atoms with van der Waals surface area (Å²) in [6, 6.07) is 7.79. The molecule has 28 heavy (non-hydrogen) atoms. The second-order valence-corrected chi connectivity index (χ2v) is 6.84. The third-order valence-electron chi connectivity index (χ3n) is 3.58. The normalized spacial score (nSPS) is 14.7. The maximum absolute atomic E-state index is 12.2. The van der Waals surface area contributed by atoms with E-state index in [2.05, 4.69) is 4.99 Å². The van der Waals surface area contributed by atoms with Crippen molar-refractivity contribution >= 4 is 58.7 Å². The highest BCUT2D eigenvalue weighted by Gasteiger charge is 2.26. The fraction of sp³-hybridized carbons (Fsp3) is 0.105. The van der Waals surface area contributed by atoms with Gasteiger partial charge in [-0.05, 0) is 42.0 Å². The first-order valence-corrected chi connectivity index (χ1v) is 8.96. The van der Waals surface area contributed by atoms with Crippen molar-refractivity contribution in [3.63, 3.8) is 0 Å². The predicted molar refractivity (Wildman–Crippen MR) is 106 cm³/mol. The Morgan fingerprint density at radius 1 is 1.14 bits per heavy atom. The second kappa shape index (κ2) is 8.22. The van der Waals surface area contributed by atoms with Crippen molar-refractivity contribution < 1.29 is 23.8 Å². The molecule has 0 bridgehead atoms. The summed E-state index contributed by atoms with van der Waals surface area (Å²) in [4.78, 5) is 27.6. The Labute approximate surface area is 175 Å². The van der Waals surface area contributed by atoms with E-state index in [-0.39, 0.29) is 28.1 Å². The van der Waals surface area contributed by atoms with Crippen molar-refractivity contribution in [3.05, 3.63) is 62.2 Å². The molecule has 0 amide bonds. The molecule has 0 saturated carbocycles. The monoisotopic (exact) mass is 439 g/mol. The lowest BCUT2D eigenvalue weighted by Crippen LogP contribution is -2.06. The van der Waals surface area contributed by atoms with Gasteiger partial charge in [0.05, 0.1) is 22.7 Å². The zero-order valence-electron chi connectivity index (χ0n) is 14.6. The summed E-state index contributed by atoms with van der Waals surface area (Å²) in [6.45, 7) is 1.25. The van der Waals surface area contributed by atoms with Crippen LogP contribution in [0.25, 0.3) is 6.08 Å². The molecular weight excluding hydrogens is 429 g/mol. The Kier molecular flexibility index (Phi) is 5.93. The van der Waals surface area contributed by atoms with Gasteiger partial charge in [-0.15, -0.1) is 0 Å². The van der Waals surface area contributed by atoms with Gasteiger partial charge in [0.25, 0.3) is 0 Å². The Morgan fingerprint density at radius 2 is 1.89 bits per heavy atom. The van der Waals surface area contributed by atoms with E-state index in [1.807, 2.05) is 0 Å². The summed E-state index contributed by atoms with van der Waals surface area (Å²) in [6.07, 6.45) is 1.46. The van der Waals surface area contributed by atoms with E-state index in [0.29, 0.717) is 21.2 Å². The van der Waals surface area contributed by atoms with Gasteiger partial charge in [0.15, 0.2) is 17.2 Å². The molecule has 0 N–H and O–H groups in total. The Bertz CT molecular complexity index is 1050. The summed E-state index contributed by atoms with van der Waals surface area (Å²) in [5.74, 6) is -0.854. The van der Waals surface area contributed by atoms with Gasteiger partial charge < -0.3 is 14.2 Å². The van der Waals surface area contributed by atoms with Crippen LogP contribution >= 0.6 is 34.8 Å². The van der Waals surface area contributed by atoms with Crippen LogP contribution < -0.4 is 9.47 Å². The van der Waals surface area contributed by atoms with Crippen LogP contribution in [-0.2, 0) is 14.3 Å². The molecule has 1 aliphatic rings. The number of rotatable bonds is 4. The van der Waals surface area contributed by atoms with E-state index >= 15 is 0 Å². The van der Waals surface area contributed by atoms with Crippen LogP contribution in [-0.4, -0.2) is 24.9 Å². The van der Waals surface area contributed by atoms with Gasteiger partial charge in [0.1, 0.15) is 0 Å². The van der Waals surface area contributed by atoms with Crippen molar-refractivity contribution in [2.75, 3.05) is 7.11 Å². The molecule has 2 aromatic rings. The highest BCUT2D eigenvalue weighted by molar-refractivity contribution is 6.36. The number of nitrogens with zero attached hydrogens (tertiary/aromatic N) is 1. The summed E-state index contributed by atoms with van der Waals surface area (Å²) in [5, 5.41) is 0.899. The van der Waals surface area contributed by atoms with Crippen LogP contribution in [0.3, 0.4) is 0 Å². The molecule has 0 aliphatic carbocycles. The number of hydrogen-bond acceptors (Lipinski definition) is 6. The lowest BCUT2D eigenvalue weighted by molar-refractivity contribution is -0.132. The van der Waals surface area contributed by atoms with Gasteiger partial charge in [-0.1, -0.05) is 34.8 Å². The first-order chi connectivity index (χ1) is 13.3. The minimum absolute atomic E-state index is 0.0319. The van der Waals surface area contributed by atoms with Crippen molar-refractivity contribution in [1.29, 1.82) is 0 Å². The molecule has 2 aromatic carbocycles. The minimum atomic E-state index is -0.662. The number of hydrogen-bond donors (Lipinski definition) is 0. The number of ether oxygens (including phenoxy) is 3. The van der Waals surface area contributed by atoms with Gasteiger partial charge in [-0.2, -0.15) is 0 Å². The molecule has 0 unspecified atom stereocenters. The van der Waals surface area contributed by atoms with E-state index < -0.39 is 11.9 Å². The Hall–Kier alpha value is -2.54. The number of halogens is 3. The van der Waals surface area contributed by atoms with Crippen LogP contribution in [0.4, 0.5) is 0 Å². The number of cyclic esters (lactones) is 1. The van der Waals surface area contributed by atoms with Crippen LogP contribution in [0.15, 0.2) is 41.0 Å². The third kappa shape index (κ3) is 4.30. The first kappa shape index (κ1) is 20.2. The largest absolute Gasteiger partial charge is 0.493 e. The van der Waals surface area contributed by atoms with Gasteiger partial charge in [0, 0.05) is 11.9 Å². The molecule has 3 rings (SSSR count). The Balaban J connectivity index is 2.00. The van der Waals surface area contributed by atoms with Gasteiger partial charge >= 0.3 is 11.9 Å². The standard InChI is InChI=1S/C19H12Cl3NO5/c1-9(24)27-17-14(22)5-10(7-16(17)26-2)6-15-19(25)28-18(23-15)12-8-11(20)3-4-13(12)21/h3-8H,1-2H3. The van der Waals surface area contributed by atoms with Crippen LogP contribution in [0.2, 0.25) is 15.1 Å². The SMILES string of the molecule is COc1cc(C=C2N=C(c3cc(Cl)ccc3Cl)OC2=O)cc(Cl)c1OC(C)=O. The maximum Gasteiger partial charge on any atom is 0.363 e. The number of carbonyl (C=O) groups is 2. The van der Waals surface area contributed by atoms with E-state index in [1.165, 1.54) is 26.2 Å². The highest BCUT2D eigenvalue weighted by atomic mass is 35.5. The summed E-state index contributed by atoms with van der Waals surface area (Å²) < 4.78 is 15.5. The smallest absolute Gasteiger partial charge is 0.363 e.